The second-order valence-corrected chi connectivity index (χ2v) is 4.71. The number of hydrogen-bond donors (Lipinski definition) is 2. The number of halogens is 3. The summed E-state index contributed by atoms with van der Waals surface area (Å²) in [5.74, 6) is -0.748. The van der Waals surface area contributed by atoms with Gasteiger partial charge in [-0.2, -0.15) is 18.3 Å². The summed E-state index contributed by atoms with van der Waals surface area (Å²) in [4.78, 5) is 11.8. The van der Waals surface area contributed by atoms with Crippen LogP contribution in [0.5, 0.6) is 0 Å². The highest BCUT2D eigenvalue weighted by molar-refractivity contribution is 5.95. The van der Waals surface area contributed by atoms with Gasteiger partial charge in [-0.25, -0.2) is 0 Å². The van der Waals surface area contributed by atoms with Gasteiger partial charge in [0.2, 0.25) is 0 Å². The van der Waals surface area contributed by atoms with Crippen molar-refractivity contribution >= 4 is 5.91 Å². The summed E-state index contributed by atoms with van der Waals surface area (Å²) < 4.78 is 38.8. The van der Waals surface area contributed by atoms with Gasteiger partial charge in [0.1, 0.15) is 6.04 Å². The summed E-state index contributed by atoms with van der Waals surface area (Å²) >= 11 is 0. The van der Waals surface area contributed by atoms with E-state index in [1.165, 1.54) is 6.20 Å². The Balaban J connectivity index is 2.13. The fourth-order valence-corrected chi connectivity index (χ4v) is 1.90. The Morgan fingerprint density at radius 1 is 1.63 bits per heavy atom. The topological polar surface area (TPSA) is 59.0 Å². The van der Waals surface area contributed by atoms with Gasteiger partial charge in [-0.05, 0) is 13.8 Å². The molecule has 1 amide bonds. The van der Waals surface area contributed by atoms with Crippen molar-refractivity contribution in [2.24, 2.45) is 0 Å². The molecule has 0 bridgehead atoms. The number of fused-ring (bicyclic) bond motifs is 1. The molecule has 2 heterocycles. The van der Waals surface area contributed by atoms with E-state index in [0.29, 0.717) is 18.8 Å². The van der Waals surface area contributed by atoms with E-state index in [2.05, 4.69) is 10.4 Å². The predicted octanol–water partition coefficient (Wildman–Crippen LogP) is 1.06. The molecule has 0 fully saturated rings. The second kappa shape index (κ2) is 4.84. The largest absolute Gasteiger partial charge is 0.408 e. The van der Waals surface area contributed by atoms with Gasteiger partial charge in [0, 0.05) is 12.6 Å². The quantitative estimate of drug-likeness (QED) is 0.849. The van der Waals surface area contributed by atoms with Gasteiger partial charge >= 0.3 is 6.18 Å². The number of carbonyl (C=O) groups excluding carboxylic acids is 1. The lowest BCUT2D eigenvalue weighted by molar-refractivity contribution is -0.149. The van der Waals surface area contributed by atoms with Crippen LogP contribution >= 0.6 is 0 Å². The van der Waals surface area contributed by atoms with Crippen LogP contribution in [0.25, 0.3) is 0 Å². The molecule has 2 unspecified atom stereocenters. The zero-order valence-corrected chi connectivity index (χ0v) is 10.6. The van der Waals surface area contributed by atoms with E-state index in [0.717, 1.165) is 6.92 Å². The molecule has 0 aliphatic carbocycles. The molecule has 19 heavy (non-hydrogen) atoms. The minimum atomic E-state index is -4.45. The van der Waals surface area contributed by atoms with Gasteiger partial charge in [0.25, 0.3) is 5.91 Å². The van der Waals surface area contributed by atoms with Crippen LogP contribution in [0.2, 0.25) is 0 Å². The summed E-state index contributed by atoms with van der Waals surface area (Å²) in [6.07, 6.45) is -3.14. The Morgan fingerprint density at radius 2 is 2.32 bits per heavy atom. The van der Waals surface area contributed by atoms with Crippen molar-refractivity contribution in [1.29, 1.82) is 0 Å². The predicted molar refractivity (Wildman–Crippen MR) is 61.5 cm³/mol. The Labute approximate surface area is 108 Å². The first-order valence-electron chi connectivity index (χ1n) is 5.94. The molecule has 1 aromatic heterocycles. The molecule has 5 nitrogen and oxygen atoms in total. The molecule has 0 spiro atoms. The maximum absolute atomic E-state index is 12.4. The van der Waals surface area contributed by atoms with Crippen molar-refractivity contribution in [2.45, 2.75) is 45.2 Å². The van der Waals surface area contributed by atoms with Gasteiger partial charge in [-0.15, -0.1) is 0 Å². The van der Waals surface area contributed by atoms with Crippen LogP contribution in [0.15, 0.2) is 6.20 Å². The van der Waals surface area contributed by atoms with Gasteiger partial charge in [0.05, 0.1) is 24.0 Å². The summed E-state index contributed by atoms with van der Waals surface area (Å²) in [5, 5.41) is 9.11. The second-order valence-electron chi connectivity index (χ2n) is 4.71. The average molecular weight is 276 g/mol. The summed E-state index contributed by atoms with van der Waals surface area (Å²) in [5.41, 5.74) is 0.806. The third-order valence-corrected chi connectivity index (χ3v) is 3.10. The van der Waals surface area contributed by atoms with Crippen molar-refractivity contribution < 1.29 is 18.0 Å². The molecule has 1 aliphatic heterocycles. The highest BCUT2D eigenvalue weighted by Crippen LogP contribution is 2.20. The molecular formula is C11H15F3N4O. The van der Waals surface area contributed by atoms with E-state index in [-0.39, 0.29) is 11.6 Å². The number of hydrogen-bond acceptors (Lipinski definition) is 3. The standard InChI is InChI=1S/C11H15F3N4O/c1-6-5-18-9(4-15-6)8(3-16-18)10(19)17-7(2)11(12,13)14/h3,6-7,15H,4-5H2,1-2H3,(H,17,19). The maximum atomic E-state index is 12.4. The van der Waals surface area contributed by atoms with Crippen LogP contribution in [0.1, 0.15) is 29.9 Å². The fraction of sp³-hybridized carbons (Fsp3) is 0.636. The Kier molecular flexibility index (Phi) is 3.53. The van der Waals surface area contributed by atoms with Gasteiger partial charge in [-0.3, -0.25) is 9.48 Å². The molecule has 2 rings (SSSR count). The monoisotopic (exact) mass is 276 g/mol. The van der Waals surface area contributed by atoms with Crippen LogP contribution in [0.4, 0.5) is 13.2 Å². The van der Waals surface area contributed by atoms with Crippen LogP contribution in [-0.4, -0.2) is 33.9 Å². The lowest BCUT2D eigenvalue weighted by atomic mass is 10.1. The van der Waals surface area contributed by atoms with E-state index in [1.54, 1.807) is 4.68 Å². The number of amides is 1. The molecule has 8 heteroatoms. The zero-order chi connectivity index (χ0) is 14.2. The minimum Gasteiger partial charge on any atom is -0.340 e. The minimum absolute atomic E-state index is 0.190. The molecule has 0 radical (unpaired) electrons. The smallest absolute Gasteiger partial charge is 0.340 e. The highest BCUT2D eigenvalue weighted by Gasteiger charge is 2.37. The Bertz CT molecular complexity index is 483. The molecule has 1 aliphatic rings. The molecular weight excluding hydrogens is 261 g/mol. The van der Waals surface area contributed by atoms with Crippen molar-refractivity contribution in [3.63, 3.8) is 0 Å². The van der Waals surface area contributed by atoms with Gasteiger partial charge < -0.3 is 10.6 Å². The third kappa shape index (κ3) is 2.89. The van der Waals surface area contributed by atoms with Crippen LogP contribution in [0, 0.1) is 0 Å². The third-order valence-electron chi connectivity index (χ3n) is 3.10. The average Bonchev–Trinajstić information content (AvgIpc) is 2.70. The van der Waals surface area contributed by atoms with Crippen LogP contribution in [0.3, 0.4) is 0 Å². The SMILES string of the molecule is CC1Cn2ncc(C(=O)NC(C)C(F)(F)F)c2CN1. The first kappa shape index (κ1) is 13.9. The first-order valence-corrected chi connectivity index (χ1v) is 5.94. The molecule has 0 saturated carbocycles. The lowest BCUT2D eigenvalue weighted by Crippen LogP contribution is -2.44. The molecule has 0 saturated heterocycles. The van der Waals surface area contributed by atoms with E-state index in [9.17, 15) is 18.0 Å². The number of carbonyl (C=O) groups is 1. The summed E-state index contributed by atoms with van der Waals surface area (Å²) in [6, 6.07) is -1.66. The van der Waals surface area contributed by atoms with Crippen LogP contribution in [-0.2, 0) is 13.1 Å². The van der Waals surface area contributed by atoms with E-state index < -0.39 is 18.1 Å². The number of rotatable bonds is 2. The summed E-state index contributed by atoms with van der Waals surface area (Å²) in [6.45, 7) is 3.89. The number of alkyl halides is 3. The first-order chi connectivity index (χ1) is 8.79. The van der Waals surface area contributed by atoms with Crippen molar-refractivity contribution in [3.8, 4) is 0 Å². The van der Waals surface area contributed by atoms with Gasteiger partial charge in [-0.1, -0.05) is 0 Å². The number of aromatic nitrogens is 2. The maximum Gasteiger partial charge on any atom is 0.408 e. The van der Waals surface area contributed by atoms with Crippen molar-refractivity contribution in [1.82, 2.24) is 20.4 Å². The van der Waals surface area contributed by atoms with Crippen molar-refractivity contribution in [3.05, 3.63) is 17.5 Å². The molecule has 0 aromatic carbocycles. The van der Waals surface area contributed by atoms with Crippen LogP contribution < -0.4 is 10.6 Å². The van der Waals surface area contributed by atoms with E-state index in [1.807, 2.05) is 12.2 Å². The Morgan fingerprint density at radius 3 is 2.95 bits per heavy atom. The van der Waals surface area contributed by atoms with E-state index in [4.69, 9.17) is 0 Å². The van der Waals surface area contributed by atoms with Gasteiger partial charge in [0.15, 0.2) is 0 Å². The number of nitrogens with zero attached hydrogens (tertiary/aromatic N) is 2. The van der Waals surface area contributed by atoms with E-state index >= 15 is 0 Å². The number of nitrogens with one attached hydrogen (secondary N) is 2. The lowest BCUT2D eigenvalue weighted by Gasteiger charge is -2.23. The molecule has 2 atom stereocenters. The fourth-order valence-electron chi connectivity index (χ4n) is 1.90. The Hall–Kier alpha value is -1.57. The highest BCUT2D eigenvalue weighted by atomic mass is 19.4. The molecule has 1 aromatic rings. The molecule has 106 valence electrons. The molecule has 2 N–H and O–H groups in total. The van der Waals surface area contributed by atoms with Crippen molar-refractivity contribution in [2.75, 3.05) is 0 Å². The normalized spacial score (nSPS) is 20.8. The summed E-state index contributed by atoms with van der Waals surface area (Å²) in [7, 11) is 0. The zero-order valence-electron chi connectivity index (χ0n) is 10.6.